The lowest BCUT2D eigenvalue weighted by Crippen LogP contribution is -2.27. The van der Waals surface area contributed by atoms with Crippen LogP contribution in [-0.4, -0.2) is 41.1 Å². The fourth-order valence-corrected chi connectivity index (χ4v) is 3.43. The van der Waals surface area contributed by atoms with Crippen LogP contribution in [0.5, 0.6) is 11.5 Å². The van der Waals surface area contributed by atoms with Crippen LogP contribution >= 0.6 is 0 Å². The average Bonchev–Trinajstić information content (AvgIpc) is 3.09. The second kappa shape index (κ2) is 9.65. The van der Waals surface area contributed by atoms with E-state index in [4.69, 9.17) is 14.5 Å². The third kappa shape index (κ3) is 4.75. The largest absolute Gasteiger partial charge is 0.493 e. The fraction of sp³-hybridized carbons (Fsp3) is 0.417. The Kier molecular flexibility index (Phi) is 6.98. The number of ether oxygens (including phenoxy) is 2. The Morgan fingerprint density at radius 1 is 1.17 bits per heavy atom. The van der Waals surface area contributed by atoms with Crippen molar-refractivity contribution in [3.8, 4) is 11.5 Å². The van der Waals surface area contributed by atoms with Gasteiger partial charge in [-0.3, -0.25) is 4.79 Å². The molecule has 0 spiro atoms. The monoisotopic (exact) mass is 409 g/mol. The molecule has 0 saturated heterocycles. The van der Waals surface area contributed by atoms with E-state index in [1.807, 2.05) is 24.3 Å². The molecule has 6 nitrogen and oxygen atoms in total. The molecule has 0 fully saturated rings. The van der Waals surface area contributed by atoms with Crippen LogP contribution in [0, 0.1) is 5.92 Å². The topological polar surface area (TPSA) is 56.6 Å². The normalized spacial score (nSPS) is 11.1. The van der Waals surface area contributed by atoms with Crippen molar-refractivity contribution in [2.24, 2.45) is 5.92 Å². The maximum atomic E-state index is 13.0. The van der Waals surface area contributed by atoms with E-state index in [2.05, 4.69) is 31.4 Å². The minimum Gasteiger partial charge on any atom is -0.493 e. The molecule has 2 aromatic carbocycles. The number of methoxy groups -OCH3 is 1. The van der Waals surface area contributed by atoms with E-state index in [-0.39, 0.29) is 5.91 Å². The van der Waals surface area contributed by atoms with Crippen molar-refractivity contribution < 1.29 is 14.3 Å². The van der Waals surface area contributed by atoms with E-state index >= 15 is 0 Å². The summed E-state index contributed by atoms with van der Waals surface area (Å²) in [6.07, 6.45) is 0.963. The second-order valence-electron chi connectivity index (χ2n) is 7.82. The van der Waals surface area contributed by atoms with Gasteiger partial charge in [0.25, 0.3) is 5.91 Å². The zero-order chi connectivity index (χ0) is 21.7. The van der Waals surface area contributed by atoms with E-state index in [9.17, 15) is 4.79 Å². The lowest BCUT2D eigenvalue weighted by molar-refractivity contribution is 0.0780. The highest BCUT2D eigenvalue weighted by atomic mass is 16.5. The first-order valence-corrected chi connectivity index (χ1v) is 10.4. The summed E-state index contributed by atoms with van der Waals surface area (Å²) in [6, 6.07) is 13.4. The predicted molar refractivity (Wildman–Crippen MR) is 119 cm³/mol. The number of fused-ring (bicyclic) bond motifs is 1. The number of para-hydroxylation sites is 2. The maximum Gasteiger partial charge on any atom is 0.254 e. The molecule has 6 heteroatoms. The van der Waals surface area contributed by atoms with Gasteiger partial charge in [0.15, 0.2) is 11.5 Å². The highest BCUT2D eigenvalue weighted by Gasteiger charge is 2.18. The van der Waals surface area contributed by atoms with Gasteiger partial charge in [-0.2, -0.15) is 0 Å². The lowest BCUT2D eigenvalue weighted by atomic mass is 10.1. The number of hydrogen-bond acceptors (Lipinski definition) is 4. The number of benzene rings is 2. The van der Waals surface area contributed by atoms with Crippen LogP contribution in [0.2, 0.25) is 0 Å². The Morgan fingerprint density at radius 2 is 1.93 bits per heavy atom. The first kappa shape index (κ1) is 21.7. The first-order valence-electron chi connectivity index (χ1n) is 10.4. The van der Waals surface area contributed by atoms with Gasteiger partial charge >= 0.3 is 0 Å². The summed E-state index contributed by atoms with van der Waals surface area (Å²) < 4.78 is 13.4. The summed E-state index contributed by atoms with van der Waals surface area (Å²) in [4.78, 5) is 19.4. The van der Waals surface area contributed by atoms with Crippen molar-refractivity contribution in [1.82, 2.24) is 14.5 Å². The molecule has 0 radical (unpaired) electrons. The summed E-state index contributed by atoms with van der Waals surface area (Å²) >= 11 is 0. The van der Waals surface area contributed by atoms with Crippen LogP contribution in [0.4, 0.5) is 0 Å². The van der Waals surface area contributed by atoms with Crippen molar-refractivity contribution in [3.05, 3.63) is 53.9 Å². The predicted octanol–water partition coefficient (Wildman–Crippen LogP) is 4.76. The van der Waals surface area contributed by atoms with E-state index in [0.717, 1.165) is 29.8 Å². The van der Waals surface area contributed by atoms with Crippen molar-refractivity contribution in [1.29, 1.82) is 0 Å². The molecule has 1 aromatic heterocycles. The molecule has 1 heterocycles. The number of nitrogens with zero attached hydrogens (tertiary/aromatic N) is 3. The number of aromatic nitrogens is 2. The molecule has 30 heavy (non-hydrogen) atoms. The molecule has 0 unspecified atom stereocenters. The van der Waals surface area contributed by atoms with Crippen molar-refractivity contribution in [2.75, 3.05) is 20.8 Å². The van der Waals surface area contributed by atoms with Crippen molar-refractivity contribution in [3.63, 3.8) is 0 Å². The van der Waals surface area contributed by atoms with Gasteiger partial charge in [-0.15, -0.1) is 0 Å². The molecule has 0 aliphatic rings. The van der Waals surface area contributed by atoms with Gasteiger partial charge in [0.1, 0.15) is 5.82 Å². The smallest absolute Gasteiger partial charge is 0.254 e. The standard InChI is InChI=1S/C24H31N3O3/c1-6-27-20-10-8-7-9-19(20)25-23(27)16-26(4)24(28)18-11-12-21(22(15-18)29-5)30-14-13-17(2)3/h7-12,15,17H,6,13-14,16H2,1-5H3. The van der Waals surface area contributed by atoms with Crippen molar-refractivity contribution in [2.45, 2.75) is 40.3 Å². The molecule has 0 bridgehead atoms. The third-order valence-corrected chi connectivity index (χ3v) is 5.14. The molecule has 3 rings (SSSR count). The van der Waals surface area contributed by atoms with E-state index in [1.54, 1.807) is 31.2 Å². The maximum absolute atomic E-state index is 13.0. The zero-order valence-electron chi connectivity index (χ0n) is 18.5. The van der Waals surface area contributed by atoms with Gasteiger partial charge in [0.2, 0.25) is 0 Å². The molecule has 1 amide bonds. The van der Waals surface area contributed by atoms with E-state index < -0.39 is 0 Å². The molecule has 0 aliphatic heterocycles. The lowest BCUT2D eigenvalue weighted by Gasteiger charge is -2.19. The van der Waals surface area contributed by atoms with Crippen LogP contribution in [0.3, 0.4) is 0 Å². The van der Waals surface area contributed by atoms with Crippen LogP contribution < -0.4 is 9.47 Å². The minimum atomic E-state index is -0.0864. The number of imidazole rings is 1. The van der Waals surface area contributed by atoms with Crippen LogP contribution in [0.1, 0.15) is 43.4 Å². The van der Waals surface area contributed by atoms with Crippen LogP contribution in [0.25, 0.3) is 11.0 Å². The molecule has 3 aromatic rings. The number of amides is 1. The number of carbonyl (C=O) groups is 1. The van der Waals surface area contributed by atoms with Crippen LogP contribution in [0.15, 0.2) is 42.5 Å². The first-order chi connectivity index (χ1) is 14.4. The van der Waals surface area contributed by atoms with Gasteiger partial charge in [0, 0.05) is 19.2 Å². The summed E-state index contributed by atoms with van der Waals surface area (Å²) in [7, 11) is 3.38. The number of rotatable bonds is 9. The SMILES string of the molecule is CCn1c(CN(C)C(=O)c2ccc(OCCC(C)C)c(OC)c2)nc2ccccc21. The van der Waals surface area contributed by atoms with E-state index in [0.29, 0.717) is 36.1 Å². The molecular formula is C24H31N3O3. The highest BCUT2D eigenvalue weighted by molar-refractivity contribution is 5.94. The van der Waals surface area contributed by atoms with E-state index in [1.165, 1.54) is 0 Å². The summed E-state index contributed by atoms with van der Waals surface area (Å²) in [5.41, 5.74) is 2.59. The van der Waals surface area contributed by atoms with Gasteiger partial charge in [-0.1, -0.05) is 26.0 Å². The molecule has 0 saturated carbocycles. The van der Waals surface area contributed by atoms with Crippen molar-refractivity contribution >= 4 is 16.9 Å². The van der Waals surface area contributed by atoms with Crippen LogP contribution in [-0.2, 0) is 13.1 Å². The Balaban J connectivity index is 1.76. The summed E-state index contributed by atoms with van der Waals surface area (Å²) in [6.45, 7) is 8.25. The number of aryl methyl sites for hydroxylation is 1. The summed E-state index contributed by atoms with van der Waals surface area (Å²) in [5, 5.41) is 0. The minimum absolute atomic E-state index is 0.0864. The van der Waals surface area contributed by atoms with Gasteiger partial charge < -0.3 is 18.9 Å². The fourth-order valence-electron chi connectivity index (χ4n) is 3.43. The molecule has 0 aliphatic carbocycles. The Labute approximate surface area is 178 Å². The zero-order valence-corrected chi connectivity index (χ0v) is 18.5. The Bertz CT molecular complexity index is 1010. The molecular weight excluding hydrogens is 378 g/mol. The quantitative estimate of drug-likeness (QED) is 0.511. The molecule has 0 atom stereocenters. The number of carbonyl (C=O) groups excluding carboxylic acids is 1. The average molecular weight is 410 g/mol. The molecule has 0 N–H and O–H groups in total. The molecule has 160 valence electrons. The Hall–Kier alpha value is -3.02. The Morgan fingerprint density at radius 3 is 2.63 bits per heavy atom. The third-order valence-electron chi connectivity index (χ3n) is 5.14. The van der Waals surface area contributed by atoms with Gasteiger partial charge in [0.05, 0.1) is 31.3 Å². The number of hydrogen-bond donors (Lipinski definition) is 0. The van der Waals surface area contributed by atoms with Gasteiger partial charge in [-0.25, -0.2) is 4.98 Å². The van der Waals surface area contributed by atoms with Gasteiger partial charge in [-0.05, 0) is 49.6 Å². The second-order valence-corrected chi connectivity index (χ2v) is 7.82. The summed E-state index contributed by atoms with van der Waals surface area (Å²) in [5.74, 6) is 2.58. The highest BCUT2D eigenvalue weighted by Crippen LogP contribution is 2.29.